The number of rotatable bonds is 5. The number of nitrogens with one attached hydrogen (secondary N) is 1. The van der Waals surface area contributed by atoms with Crippen LogP contribution >= 0.6 is 0 Å². The second-order valence-corrected chi connectivity index (χ2v) is 6.89. The summed E-state index contributed by atoms with van der Waals surface area (Å²) in [5, 5.41) is 10.4. The highest BCUT2D eigenvalue weighted by Crippen LogP contribution is 2.34. The molecule has 3 aromatic rings. The van der Waals surface area contributed by atoms with E-state index in [1.165, 1.54) is 6.39 Å². The van der Waals surface area contributed by atoms with E-state index in [-0.39, 0.29) is 18.2 Å². The molecule has 0 saturated carbocycles. The topological polar surface area (TPSA) is 97.6 Å². The third-order valence-electron chi connectivity index (χ3n) is 4.86. The van der Waals surface area contributed by atoms with Crippen molar-refractivity contribution in [3.05, 3.63) is 54.4 Å². The van der Waals surface area contributed by atoms with Gasteiger partial charge in [0.15, 0.2) is 0 Å². The zero-order chi connectivity index (χ0) is 20.4. The second kappa shape index (κ2) is 7.75. The second-order valence-electron chi connectivity index (χ2n) is 6.89. The van der Waals surface area contributed by atoms with E-state index in [1.807, 2.05) is 31.2 Å². The summed E-state index contributed by atoms with van der Waals surface area (Å²) in [4.78, 5) is 27.0. The number of carbonyl (C=O) groups is 2. The predicted molar refractivity (Wildman–Crippen MR) is 107 cm³/mol. The number of benzene rings is 2. The van der Waals surface area contributed by atoms with Gasteiger partial charge >= 0.3 is 0 Å². The quantitative estimate of drug-likeness (QED) is 0.717. The maximum atomic E-state index is 12.8. The normalized spacial score (nSPS) is 16.1. The number of carbonyl (C=O) groups excluding carboxylic acids is 2. The number of hydrogen-bond donors (Lipinski definition) is 1. The van der Waals surface area contributed by atoms with Crippen LogP contribution in [0.2, 0.25) is 0 Å². The fraction of sp³-hybridized carbons (Fsp3) is 0.238. The highest BCUT2D eigenvalue weighted by molar-refractivity contribution is 6.04. The fourth-order valence-electron chi connectivity index (χ4n) is 3.40. The van der Waals surface area contributed by atoms with Gasteiger partial charge in [0, 0.05) is 24.2 Å². The van der Waals surface area contributed by atoms with Crippen molar-refractivity contribution in [1.29, 1.82) is 0 Å². The van der Waals surface area contributed by atoms with E-state index >= 15 is 0 Å². The van der Waals surface area contributed by atoms with Crippen LogP contribution in [-0.4, -0.2) is 35.7 Å². The van der Waals surface area contributed by atoms with Gasteiger partial charge in [-0.15, -0.1) is 10.2 Å². The van der Waals surface area contributed by atoms with Crippen molar-refractivity contribution in [3.63, 3.8) is 0 Å². The minimum absolute atomic E-state index is 0.103. The van der Waals surface area contributed by atoms with E-state index in [1.54, 1.807) is 30.2 Å². The van der Waals surface area contributed by atoms with Crippen LogP contribution in [0.1, 0.15) is 12.0 Å². The lowest BCUT2D eigenvalue weighted by Crippen LogP contribution is -2.28. The molecule has 2 amide bonds. The van der Waals surface area contributed by atoms with Gasteiger partial charge in [0.1, 0.15) is 5.75 Å². The van der Waals surface area contributed by atoms with Gasteiger partial charge in [-0.1, -0.05) is 12.1 Å². The molecular formula is C21H20N4O4. The summed E-state index contributed by atoms with van der Waals surface area (Å²) < 4.78 is 10.6. The molecule has 1 N–H and O–H groups in total. The monoisotopic (exact) mass is 392 g/mol. The van der Waals surface area contributed by atoms with E-state index in [0.29, 0.717) is 35.1 Å². The van der Waals surface area contributed by atoms with Crippen LogP contribution < -0.4 is 15.0 Å². The van der Waals surface area contributed by atoms with Crippen molar-refractivity contribution < 1.29 is 18.7 Å². The van der Waals surface area contributed by atoms with Crippen LogP contribution in [0.25, 0.3) is 11.5 Å². The molecule has 2 heterocycles. The van der Waals surface area contributed by atoms with Crippen molar-refractivity contribution >= 4 is 23.2 Å². The summed E-state index contributed by atoms with van der Waals surface area (Å²) in [6, 6.07) is 12.8. The van der Waals surface area contributed by atoms with Gasteiger partial charge in [-0.05, 0) is 42.8 Å². The maximum absolute atomic E-state index is 12.8. The van der Waals surface area contributed by atoms with Crippen molar-refractivity contribution in [3.8, 4) is 17.2 Å². The molecular weight excluding hydrogens is 372 g/mol. The predicted octanol–water partition coefficient (Wildman–Crippen LogP) is 3.05. The molecule has 1 saturated heterocycles. The Balaban J connectivity index is 1.49. The van der Waals surface area contributed by atoms with E-state index in [9.17, 15) is 9.59 Å². The van der Waals surface area contributed by atoms with Crippen LogP contribution in [0.3, 0.4) is 0 Å². The van der Waals surface area contributed by atoms with Gasteiger partial charge < -0.3 is 19.4 Å². The first-order chi connectivity index (χ1) is 14.0. The Hall–Kier alpha value is -3.68. The molecule has 1 aromatic heterocycles. The number of aromatic nitrogens is 2. The largest absolute Gasteiger partial charge is 0.495 e. The van der Waals surface area contributed by atoms with Gasteiger partial charge in [-0.3, -0.25) is 9.59 Å². The van der Waals surface area contributed by atoms with Crippen LogP contribution in [-0.2, 0) is 9.59 Å². The molecule has 1 atom stereocenters. The first-order valence-corrected chi connectivity index (χ1v) is 9.17. The smallest absolute Gasteiger partial charge is 0.247 e. The first-order valence-electron chi connectivity index (χ1n) is 9.17. The Morgan fingerprint density at radius 2 is 2.14 bits per heavy atom. The summed E-state index contributed by atoms with van der Waals surface area (Å²) >= 11 is 0. The average Bonchev–Trinajstić information content (AvgIpc) is 3.38. The number of hydrogen-bond acceptors (Lipinski definition) is 6. The van der Waals surface area contributed by atoms with Crippen LogP contribution in [0, 0.1) is 12.8 Å². The maximum Gasteiger partial charge on any atom is 0.247 e. The minimum Gasteiger partial charge on any atom is -0.495 e. The number of anilines is 2. The Morgan fingerprint density at radius 1 is 1.28 bits per heavy atom. The van der Waals surface area contributed by atoms with Crippen molar-refractivity contribution in [2.75, 3.05) is 23.9 Å². The van der Waals surface area contributed by atoms with Crippen LogP contribution in [0.15, 0.2) is 53.3 Å². The number of ether oxygens (including phenoxy) is 1. The standard InChI is InChI=1S/C21H20N4O4/c1-13-6-7-18(28-2)17(8-13)25-11-15(10-19(25)26)20(27)23-16-5-3-4-14(9-16)21-24-22-12-29-21/h3-9,12,15H,10-11H2,1-2H3,(H,23,27)/t15-/m0/s1. The molecule has 8 heteroatoms. The summed E-state index contributed by atoms with van der Waals surface area (Å²) in [6.07, 6.45) is 1.39. The van der Waals surface area contributed by atoms with E-state index in [4.69, 9.17) is 9.15 Å². The molecule has 0 aliphatic carbocycles. The fourth-order valence-corrected chi connectivity index (χ4v) is 3.40. The lowest BCUT2D eigenvalue weighted by atomic mass is 10.1. The molecule has 8 nitrogen and oxygen atoms in total. The first kappa shape index (κ1) is 18.7. The SMILES string of the molecule is COc1ccc(C)cc1N1C[C@@H](C(=O)Nc2cccc(-c3nnco3)c2)CC1=O. The van der Waals surface area contributed by atoms with Crippen molar-refractivity contribution in [2.24, 2.45) is 5.92 Å². The Labute approximate surface area is 167 Å². The number of amides is 2. The molecule has 148 valence electrons. The molecule has 1 aliphatic rings. The Bertz CT molecular complexity index is 1050. The molecule has 1 aliphatic heterocycles. The number of methoxy groups -OCH3 is 1. The molecule has 2 aromatic carbocycles. The zero-order valence-corrected chi connectivity index (χ0v) is 16.1. The van der Waals surface area contributed by atoms with Gasteiger partial charge in [0.05, 0.1) is 18.7 Å². The highest BCUT2D eigenvalue weighted by Gasteiger charge is 2.36. The summed E-state index contributed by atoms with van der Waals surface area (Å²) in [6.45, 7) is 2.25. The lowest BCUT2D eigenvalue weighted by molar-refractivity contribution is -0.122. The van der Waals surface area contributed by atoms with E-state index in [0.717, 1.165) is 5.56 Å². The number of aryl methyl sites for hydroxylation is 1. The Morgan fingerprint density at radius 3 is 2.90 bits per heavy atom. The van der Waals surface area contributed by atoms with E-state index in [2.05, 4.69) is 15.5 Å². The summed E-state index contributed by atoms with van der Waals surface area (Å²) in [5.74, 6) is 0.204. The van der Waals surface area contributed by atoms with Crippen LogP contribution in [0.5, 0.6) is 5.75 Å². The van der Waals surface area contributed by atoms with Crippen molar-refractivity contribution in [2.45, 2.75) is 13.3 Å². The zero-order valence-electron chi connectivity index (χ0n) is 16.1. The lowest BCUT2D eigenvalue weighted by Gasteiger charge is -2.20. The van der Waals surface area contributed by atoms with Gasteiger partial charge in [0.25, 0.3) is 0 Å². The summed E-state index contributed by atoms with van der Waals surface area (Å²) in [5.41, 5.74) is 3.00. The third-order valence-corrected chi connectivity index (χ3v) is 4.86. The van der Waals surface area contributed by atoms with Crippen LogP contribution in [0.4, 0.5) is 11.4 Å². The van der Waals surface area contributed by atoms with Gasteiger partial charge in [-0.2, -0.15) is 0 Å². The van der Waals surface area contributed by atoms with Gasteiger partial charge in [-0.25, -0.2) is 0 Å². The molecule has 4 rings (SSSR count). The molecule has 1 fully saturated rings. The Kier molecular flexibility index (Phi) is 4.99. The molecule has 0 spiro atoms. The molecule has 29 heavy (non-hydrogen) atoms. The minimum atomic E-state index is -0.459. The average molecular weight is 392 g/mol. The molecule has 0 unspecified atom stereocenters. The van der Waals surface area contributed by atoms with Gasteiger partial charge in [0.2, 0.25) is 24.1 Å². The van der Waals surface area contributed by atoms with E-state index < -0.39 is 5.92 Å². The molecule has 0 bridgehead atoms. The summed E-state index contributed by atoms with van der Waals surface area (Å²) in [7, 11) is 1.56. The third kappa shape index (κ3) is 3.82. The van der Waals surface area contributed by atoms with Crippen molar-refractivity contribution in [1.82, 2.24) is 10.2 Å². The molecule has 0 radical (unpaired) electrons. The highest BCUT2D eigenvalue weighted by atomic mass is 16.5. The number of nitrogens with zero attached hydrogens (tertiary/aromatic N) is 3.